The summed E-state index contributed by atoms with van der Waals surface area (Å²) in [6.45, 7) is 23.7. The standard InChI is InChI=1S/2C20H21.C4H10Si.2ClH.Zr/c2*1-14-12-16-6-5-7-18(19(16)13-14)15-8-10-17(11-9-15)20(2,3)4;1-3-5-4-2;;;/h2*5-13H,1-4H3;3-4H2,1-2H3;2*1H;/q;;;;;+2/p-2. The zero-order chi connectivity index (χ0) is 33.0. The van der Waals surface area contributed by atoms with E-state index in [2.05, 4.69) is 166 Å². The van der Waals surface area contributed by atoms with Gasteiger partial charge in [-0.1, -0.05) is 0 Å². The molecule has 0 fully saturated rings. The van der Waals surface area contributed by atoms with E-state index in [1.54, 1.807) is 22.3 Å². The molecule has 2 aliphatic carbocycles. The Morgan fingerprint density at radius 2 is 0.896 bits per heavy atom. The van der Waals surface area contributed by atoms with Gasteiger partial charge in [-0.05, 0) is 0 Å². The number of halogens is 2. The Bertz CT molecular complexity index is 1740. The van der Waals surface area contributed by atoms with Gasteiger partial charge in [0, 0.05) is 0 Å². The number of benzene rings is 4. The van der Waals surface area contributed by atoms with Crippen LogP contribution in [-0.4, -0.2) is 5.43 Å². The van der Waals surface area contributed by atoms with Gasteiger partial charge in [0.15, 0.2) is 0 Å². The molecule has 6 rings (SSSR count). The van der Waals surface area contributed by atoms with Gasteiger partial charge in [-0.3, -0.25) is 0 Å². The van der Waals surface area contributed by atoms with Crippen LogP contribution in [0.5, 0.6) is 0 Å². The van der Waals surface area contributed by atoms with Crippen molar-refractivity contribution in [2.75, 3.05) is 0 Å². The number of hydrogen-bond donors (Lipinski definition) is 0. The van der Waals surface area contributed by atoms with Crippen molar-refractivity contribution < 1.29 is 45.2 Å². The Kier molecular flexibility index (Phi) is 12.2. The first-order chi connectivity index (χ1) is 21.8. The zero-order valence-corrected chi connectivity index (χ0v) is 35.5. The molecule has 0 aliphatic heterocycles. The predicted molar refractivity (Wildman–Crippen MR) is 201 cm³/mol. The average Bonchev–Trinajstić information content (AvgIpc) is 3.54. The topological polar surface area (TPSA) is 0 Å². The third-order valence-electron chi connectivity index (χ3n) is 10.6. The molecule has 0 heterocycles. The third-order valence-corrected chi connectivity index (χ3v) is 34.6. The van der Waals surface area contributed by atoms with E-state index in [1.807, 2.05) is 0 Å². The van der Waals surface area contributed by atoms with Gasteiger partial charge in [0.05, 0.1) is 0 Å². The fourth-order valence-electron chi connectivity index (χ4n) is 7.97. The number of fused-ring (bicyclic) bond motifs is 2. The molecule has 0 amide bonds. The quantitative estimate of drug-likeness (QED) is 0.188. The van der Waals surface area contributed by atoms with Gasteiger partial charge < -0.3 is 24.8 Å². The van der Waals surface area contributed by atoms with Gasteiger partial charge in [0.2, 0.25) is 0 Å². The molecule has 0 saturated carbocycles. The fourth-order valence-corrected chi connectivity index (χ4v) is 33.2. The molecule has 0 nitrogen and oxygen atoms in total. The van der Waals surface area contributed by atoms with E-state index in [0.717, 1.165) is 0 Å². The van der Waals surface area contributed by atoms with Crippen molar-refractivity contribution in [3.8, 4) is 22.3 Å². The Hall–Kier alpha value is -1.96. The maximum absolute atomic E-state index is 2.58. The minimum absolute atomic E-state index is 0. The summed E-state index contributed by atoms with van der Waals surface area (Å²) in [5.41, 5.74) is 17.7. The minimum atomic E-state index is -2.19. The van der Waals surface area contributed by atoms with Crippen LogP contribution in [0.3, 0.4) is 0 Å². The summed E-state index contributed by atoms with van der Waals surface area (Å²) in [4.78, 5) is 0. The Morgan fingerprint density at radius 3 is 1.21 bits per heavy atom. The zero-order valence-electron chi connectivity index (χ0n) is 30.6. The van der Waals surface area contributed by atoms with E-state index in [-0.39, 0.29) is 35.6 Å². The third kappa shape index (κ3) is 7.26. The van der Waals surface area contributed by atoms with Gasteiger partial charge in [-0.25, -0.2) is 0 Å². The molecule has 2 unspecified atom stereocenters. The van der Waals surface area contributed by atoms with Crippen LogP contribution in [0.4, 0.5) is 0 Å². The van der Waals surface area contributed by atoms with Gasteiger partial charge >= 0.3 is 289 Å². The molecule has 2 aliphatic rings. The van der Waals surface area contributed by atoms with Crippen molar-refractivity contribution in [2.24, 2.45) is 0 Å². The van der Waals surface area contributed by atoms with Crippen molar-refractivity contribution in [2.45, 2.75) is 99.4 Å². The number of allylic oxidation sites excluding steroid dienone is 2. The van der Waals surface area contributed by atoms with Crippen LogP contribution in [-0.2, 0) is 31.2 Å². The predicted octanol–water partition coefficient (Wildman–Crippen LogP) is 6.89. The van der Waals surface area contributed by atoms with E-state index >= 15 is 0 Å². The maximum Gasteiger partial charge on any atom is -1.00 e. The summed E-state index contributed by atoms with van der Waals surface area (Å²) in [6, 6.07) is 36.0. The van der Waals surface area contributed by atoms with Crippen LogP contribution in [0.25, 0.3) is 34.4 Å². The average molecular weight is 771 g/mol. The van der Waals surface area contributed by atoms with Crippen LogP contribution in [0.2, 0.25) is 12.1 Å². The summed E-state index contributed by atoms with van der Waals surface area (Å²) in [5.74, 6) is 0. The molecule has 0 spiro atoms. The van der Waals surface area contributed by atoms with Gasteiger partial charge in [0.1, 0.15) is 0 Å². The Labute approximate surface area is 311 Å². The van der Waals surface area contributed by atoms with E-state index in [1.165, 1.54) is 56.6 Å². The molecule has 0 radical (unpaired) electrons. The van der Waals surface area contributed by atoms with Crippen molar-refractivity contribution in [3.05, 3.63) is 129 Å². The maximum atomic E-state index is 2.58. The smallest absolute Gasteiger partial charge is 1.00 e. The molecule has 2 atom stereocenters. The van der Waals surface area contributed by atoms with Gasteiger partial charge in [-0.15, -0.1) is 0 Å². The molecular formula is C44H52Cl2SiZr. The van der Waals surface area contributed by atoms with Crippen molar-refractivity contribution in [3.63, 3.8) is 0 Å². The summed E-state index contributed by atoms with van der Waals surface area (Å²) in [6.07, 6.45) is 5.17. The van der Waals surface area contributed by atoms with Crippen LogP contribution < -0.4 is 24.8 Å². The van der Waals surface area contributed by atoms with Crippen LogP contribution in [0.1, 0.15) is 110 Å². The molecule has 4 aromatic rings. The molecule has 0 N–H and O–H groups in total. The summed E-state index contributed by atoms with van der Waals surface area (Å²) >= 11 is -2.19. The number of hydrogen-bond acceptors (Lipinski definition) is 0. The van der Waals surface area contributed by atoms with Crippen LogP contribution in [0, 0.1) is 0 Å². The number of rotatable bonds is 6. The summed E-state index contributed by atoms with van der Waals surface area (Å²) < 4.78 is 1.29. The van der Waals surface area contributed by atoms with E-state index in [9.17, 15) is 0 Å². The van der Waals surface area contributed by atoms with E-state index in [4.69, 9.17) is 0 Å². The molecular weight excluding hydrogens is 719 g/mol. The molecule has 0 aromatic heterocycles. The molecule has 48 heavy (non-hydrogen) atoms. The van der Waals surface area contributed by atoms with Crippen molar-refractivity contribution >= 4 is 17.6 Å². The molecule has 4 aromatic carbocycles. The monoisotopic (exact) mass is 768 g/mol. The molecule has 4 heteroatoms. The van der Waals surface area contributed by atoms with Crippen LogP contribution >= 0.6 is 0 Å². The van der Waals surface area contributed by atoms with Gasteiger partial charge in [-0.2, -0.15) is 0 Å². The first kappa shape index (κ1) is 38.8. The molecule has 250 valence electrons. The Balaban J connectivity index is 0.00000260. The fraction of sp³-hybridized carbons (Fsp3) is 0.364. The second kappa shape index (κ2) is 15.1. The molecule has 0 saturated heterocycles. The second-order valence-electron chi connectivity index (χ2n) is 15.7. The minimum Gasteiger partial charge on any atom is -1.00 e. The SMILES string of the molecule is CC[Si](CC)=[Zr+2]([CH]1C(C)=Cc2c(-c3ccc(C(C)(C)C)cc3)cccc21)[CH]1C(C)=Cc2c(-c3ccc(C(C)(C)C)cc3)cccc21.[Cl-].[Cl-]. The second-order valence-corrected chi connectivity index (χ2v) is 32.0. The van der Waals surface area contributed by atoms with Crippen molar-refractivity contribution in [1.82, 2.24) is 0 Å². The first-order valence-electron chi connectivity index (χ1n) is 17.4. The first-order valence-corrected chi connectivity index (χ1v) is 25.8. The summed E-state index contributed by atoms with van der Waals surface area (Å²) in [5, 5.41) is 0. The van der Waals surface area contributed by atoms with E-state index in [0.29, 0.717) is 7.25 Å². The largest absolute Gasteiger partial charge is 1.00 e. The van der Waals surface area contributed by atoms with Crippen molar-refractivity contribution in [1.29, 1.82) is 0 Å². The van der Waals surface area contributed by atoms with E-state index < -0.39 is 25.8 Å². The summed E-state index contributed by atoms with van der Waals surface area (Å²) in [7, 11) is 0. The van der Waals surface area contributed by atoms with Crippen LogP contribution in [0.15, 0.2) is 96.1 Å². The molecule has 0 bridgehead atoms. The normalized spacial score (nSPS) is 16.4. The van der Waals surface area contributed by atoms with Gasteiger partial charge in [0.25, 0.3) is 0 Å². The Morgan fingerprint density at radius 1 is 0.542 bits per heavy atom.